The van der Waals surface area contributed by atoms with Gasteiger partial charge in [0.25, 0.3) is 21.9 Å². The van der Waals surface area contributed by atoms with Crippen molar-refractivity contribution >= 4 is 27.8 Å². The van der Waals surface area contributed by atoms with Gasteiger partial charge in [-0.05, 0) is 13.8 Å². The molecular formula is C11H16N2O6S. The minimum atomic E-state index is -4.56. The summed E-state index contributed by atoms with van der Waals surface area (Å²) in [6.45, 7) is 2.82. The van der Waals surface area contributed by atoms with Crippen LogP contribution < -0.4 is 5.32 Å². The second kappa shape index (κ2) is 6.14. The highest BCUT2D eigenvalue weighted by atomic mass is 32.2. The number of carbonyl (C=O) groups is 3. The Morgan fingerprint density at radius 2 is 1.80 bits per heavy atom. The Morgan fingerprint density at radius 1 is 1.30 bits per heavy atom. The SMILES string of the molecule is CC(C)NC(=O)CC(CN1C(=O)C=CC1=O)S(=O)(=O)O. The van der Waals surface area contributed by atoms with Crippen LogP contribution in [0.5, 0.6) is 0 Å². The Morgan fingerprint density at radius 3 is 2.20 bits per heavy atom. The maximum absolute atomic E-state index is 11.6. The molecule has 1 rings (SSSR count). The minimum Gasteiger partial charge on any atom is -0.354 e. The summed E-state index contributed by atoms with van der Waals surface area (Å²) in [5.74, 6) is -1.93. The normalized spacial score (nSPS) is 16.9. The van der Waals surface area contributed by atoms with Crippen molar-refractivity contribution < 1.29 is 27.4 Å². The van der Waals surface area contributed by atoms with Gasteiger partial charge in [-0.3, -0.25) is 23.8 Å². The zero-order valence-corrected chi connectivity index (χ0v) is 11.9. The largest absolute Gasteiger partial charge is 0.354 e. The highest BCUT2D eigenvalue weighted by Crippen LogP contribution is 2.12. The van der Waals surface area contributed by atoms with Gasteiger partial charge in [0.1, 0.15) is 5.25 Å². The van der Waals surface area contributed by atoms with Gasteiger partial charge in [0.15, 0.2) is 0 Å². The molecule has 1 heterocycles. The Balaban J connectivity index is 2.79. The molecule has 0 fully saturated rings. The molecule has 1 atom stereocenters. The molecule has 0 aliphatic carbocycles. The van der Waals surface area contributed by atoms with E-state index >= 15 is 0 Å². The lowest BCUT2D eigenvalue weighted by atomic mass is 10.2. The zero-order valence-electron chi connectivity index (χ0n) is 11.1. The predicted molar refractivity (Wildman–Crippen MR) is 69.1 cm³/mol. The molecule has 8 nitrogen and oxygen atoms in total. The molecule has 0 radical (unpaired) electrons. The van der Waals surface area contributed by atoms with Crippen LogP contribution in [0.4, 0.5) is 0 Å². The average Bonchev–Trinajstić information content (AvgIpc) is 2.57. The van der Waals surface area contributed by atoms with Crippen molar-refractivity contribution in [2.24, 2.45) is 0 Å². The number of nitrogens with zero attached hydrogens (tertiary/aromatic N) is 1. The summed E-state index contributed by atoms with van der Waals surface area (Å²) in [5.41, 5.74) is 0. The summed E-state index contributed by atoms with van der Waals surface area (Å²) in [4.78, 5) is 34.9. The molecule has 0 saturated heterocycles. The minimum absolute atomic E-state index is 0.193. The summed E-state index contributed by atoms with van der Waals surface area (Å²) in [7, 11) is -4.56. The van der Waals surface area contributed by atoms with E-state index in [1.807, 2.05) is 0 Å². The summed E-state index contributed by atoms with van der Waals surface area (Å²) in [6, 6.07) is -0.193. The van der Waals surface area contributed by atoms with E-state index in [9.17, 15) is 22.8 Å². The maximum Gasteiger partial charge on any atom is 0.270 e. The first-order valence-corrected chi connectivity index (χ1v) is 7.40. The van der Waals surface area contributed by atoms with Crippen molar-refractivity contribution in [1.82, 2.24) is 10.2 Å². The van der Waals surface area contributed by atoms with Crippen molar-refractivity contribution in [2.45, 2.75) is 31.6 Å². The quantitative estimate of drug-likeness (QED) is 0.484. The van der Waals surface area contributed by atoms with Gasteiger partial charge in [0, 0.05) is 31.2 Å². The molecule has 112 valence electrons. The lowest BCUT2D eigenvalue weighted by Gasteiger charge is -2.20. The average molecular weight is 304 g/mol. The summed E-state index contributed by atoms with van der Waals surface area (Å²) in [6.07, 6.45) is 1.46. The van der Waals surface area contributed by atoms with E-state index in [4.69, 9.17) is 4.55 Å². The molecule has 0 spiro atoms. The fourth-order valence-corrected chi connectivity index (χ4v) is 2.37. The maximum atomic E-state index is 11.6. The summed E-state index contributed by atoms with van der Waals surface area (Å²) < 4.78 is 31.6. The van der Waals surface area contributed by atoms with Gasteiger partial charge in [0.05, 0.1) is 0 Å². The van der Waals surface area contributed by atoms with E-state index in [-0.39, 0.29) is 6.04 Å². The molecule has 1 unspecified atom stereocenters. The molecule has 3 amide bonds. The first-order chi connectivity index (χ1) is 9.11. The van der Waals surface area contributed by atoms with Crippen molar-refractivity contribution in [1.29, 1.82) is 0 Å². The second-order valence-corrected chi connectivity index (χ2v) is 6.38. The van der Waals surface area contributed by atoms with Gasteiger partial charge in [0.2, 0.25) is 5.91 Å². The highest BCUT2D eigenvalue weighted by Gasteiger charge is 2.33. The predicted octanol–water partition coefficient (Wildman–Crippen LogP) is -0.917. The first-order valence-electron chi connectivity index (χ1n) is 5.90. The molecule has 20 heavy (non-hydrogen) atoms. The Kier molecular flexibility index (Phi) is 5.01. The number of hydrogen-bond donors (Lipinski definition) is 2. The van der Waals surface area contributed by atoms with E-state index in [1.165, 1.54) is 0 Å². The lowest BCUT2D eigenvalue weighted by molar-refractivity contribution is -0.137. The molecule has 0 aromatic carbocycles. The highest BCUT2D eigenvalue weighted by molar-refractivity contribution is 7.86. The van der Waals surface area contributed by atoms with Crippen molar-refractivity contribution in [2.75, 3.05) is 6.54 Å². The van der Waals surface area contributed by atoms with Crippen LogP contribution in [0.15, 0.2) is 12.2 Å². The number of imide groups is 1. The van der Waals surface area contributed by atoms with Crippen molar-refractivity contribution in [3.05, 3.63) is 12.2 Å². The van der Waals surface area contributed by atoms with Crippen LogP contribution in [0.2, 0.25) is 0 Å². The molecule has 2 N–H and O–H groups in total. The first kappa shape index (κ1) is 16.3. The zero-order chi connectivity index (χ0) is 15.5. The van der Waals surface area contributed by atoms with Crippen LogP contribution in [0, 0.1) is 0 Å². The number of nitrogens with one attached hydrogen (secondary N) is 1. The molecule has 0 aromatic heterocycles. The molecule has 9 heteroatoms. The third-order valence-corrected chi connectivity index (χ3v) is 3.73. The van der Waals surface area contributed by atoms with Crippen molar-refractivity contribution in [3.8, 4) is 0 Å². The van der Waals surface area contributed by atoms with Crippen LogP contribution in [-0.4, -0.2) is 53.4 Å². The molecule has 0 saturated carbocycles. The topological polar surface area (TPSA) is 121 Å². The number of rotatable bonds is 6. The molecular weight excluding hydrogens is 288 g/mol. The van der Waals surface area contributed by atoms with E-state index in [2.05, 4.69) is 5.32 Å². The van der Waals surface area contributed by atoms with E-state index in [0.29, 0.717) is 4.90 Å². The Hall–Kier alpha value is -1.74. The number of amides is 3. The van der Waals surface area contributed by atoms with Gasteiger partial charge in [-0.2, -0.15) is 8.42 Å². The lowest BCUT2D eigenvalue weighted by Crippen LogP contribution is -2.43. The summed E-state index contributed by atoms with van der Waals surface area (Å²) in [5, 5.41) is 0.927. The molecule has 1 aliphatic rings. The standard InChI is InChI=1S/C11H16N2O6S/c1-7(2)12-9(14)5-8(20(17,18)19)6-13-10(15)3-4-11(13)16/h3-4,7-8H,5-6H2,1-2H3,(H,12,14)(H,17,18,19). The monoisotopic (exact) mass is 304 g/mol. The fourth-order valence-electron chi connectivity index (χ4n) is 1.67. The third kappa shape index (κ3) is 4.42. The van der Waals surface area contributed by atoms with Gasteiger partial charge in [-0.25, -0.2) is 0 Å². The third-order valence-electron chi connectivity index (χ3n) is 2.57. The van der Waals surface area contributed by atoms with Crippen LogP contribution >= 0.6 is 0 Å². The van der Waals surface area contributed by atoms with E-state index < -0.39 is 46.1 Å². The number of carbonyl (C=O) groups excluding carboxylic acids is 3. The Bertz CT molecular complexity index is 533. The van der Waals surface area contributed by atoms with E-state index in [0.717, 1.165) is 12.2 Å². The molecule has 0 bridgehead atoms. The second-order valence-electron chi connectivity index (χ2n) is 4.68. The van der Waals surface area contributed by atoms with Crippen molar-refractivity contribution in [3.63, 3.8) is 0 Å². The molecule has 0 aromatic rings. The van der Waals surface area contributed by atoms with Gasteiger partial charge < -0.3 is 5.32 Å². The number of hydrogen-bond acceptors (Lipinski definition) is 5. The smallest absolute Gasteiger partial charge is 0.270 e. The van der Waals surface area contributed by atoms with Crippen LogP contribution in [0.1, 0.15) is 20.3 Å². The van der Waals surface area contributed by atoms with Gasteiger partial charge >= 0.3 is 0 Å². The fraction of sp³-hybridized carbons (Fsp3) is 0.545. The van der Waals surface area contributed by atoms with E-state index in [1.54, 1.807) is 13.8 Å². The summed E-state index contributed by atoms with van der Waals surface area (Å²) >= 11 is 0. The molecule has 1 aliphatic heterocycles. The van der Waals surface area contributed by atoms with Crippen LogP contribution in [0.25, 0.3) is 0 Å². The van der Waals surface area contributed by atoms with Gasteiger partial charge in [-0.15, -0.1) is 0 Å². The van der Waals surface area contributed by atoms with Crippen LogP contribution in [0.3, 0.4) is 0 Å². The Labute approximate surface area is 116 Å². The van der Waals surface area contributed by atoms with Crippen LogP contribution in [-0.2, 0) is 24.5 Å². The van der Waals surface area contributed by atoms with Gasteiger partial charge in [-0.1, -0.05) is 0 Å².